The van der Waals surface area contributed by atoms with Crippen molar-refractivity contribution in [3.8, 4) is 5.82 Å². The lowest BCUT2D eigenvalue weighted by Crippen LogP contribution is -2.37. The Morgan fingerprint density at radius 2 is 1.82 bits per heavy atom. The molecule has 9 heteroatoms. The molecule has 0 unspecified atom stereocenters. The Hall–Kier alpha value is -3.46. The van der Waals surface area contributed by atoms with Crippen molar-refractivity contribution in [2.24, 2.45) is 0 Å². The van der Waals surface area contributed by atoms with Crippen molar-refractivity contribution in [1.82, 2.24) is 19.7 Å². The molecule has 1 aliphatic heterocycles. The number of anilines is 3. The number of urea groups is 1. The minimum Gasteiger partial charge on any atom is -0.378 e. The van der Waals surface area contributed by atoms with E-state index in [4.69, 9.17) is 4.74 Å². The standard InChI is InChI=1S/C19H21N7O2/c1-14-2-4-15(5-3-14)23-19(27)24-16-10-22-26(12-16)18-17(11-20-13-21-18)25-6-8-28-9-7-25/h2-5,10-13H,6-9H2,1H3,(H2,23,24,27). The van der Waals surface area contributed by atoms with Crippen LogP contribution in [-0.2, 0) is 4.74 Å². The number of nitrogens with one attached hydrogen (secondary N) is 2. The van der Waals surface area contributed by atoms with Crippen molar-refractivity contribution < 1.29 is 9.53 Å². The van der Waals surface area contributed by atoms with Crippen LogP contribution in [0.15, 0.2) is 49.2 Å². The van der Waals surface area contributed by atoms with Crippen LogP contribution in [0.2, 0.25) is 0 Å². The highest BCUT2D eigenvalue weighted by atomic mass is 16.5. The van der Waals surface area contributed by atoms with Crippen LogP contribution in [0.25, 0.3) is 5.82 Å². The number of rotatable bonds is 4. The molecular formula is C19H21N7O2. The maximum absolute atomic E-state index is 12.2. The van der Waals surface area contributed by atoms with Gasteiger partial charge in [0.25, 0.3) is 0 Å². The van der Waals surface area contributed by atoms with Gasteiger partial charge in [-0.25, -0.2) is 19.4 Å². The van der Waals surface area contributed by atoms with Crippen LogP contribution in [0.3, 0.4) is 0 Å². The van der Waals surface area contributed by atoms with E-state index >= 15 is 0 Å². The Morgan fingerprint density at radius 1 is 1.07 bits per heavy atom. The molecule has 28 heavy (non-hydrogen) atoms. The first-order chi connectivity index (χ1) is 13.7. The molecule has 0 bridgehead atoms. The van der Waals surface area contributed by atoms with E-state index in [2.05, 4.69) is 30.6 Å². The van der Waals surface area contributed by atoms with E-state index in [1.165, 1.54) is 6.33 Å². The monoisotopic (exact) mass is 379 g/mol. The second-order valence-electron chi connectivity index (χ2n) is 6.45. The zero-order valence-electron chi connectivity index (χ0n) is 15.5. The van der Waals surface area contributed by atoms with E-state index in [-0.39, 0.29) is 6.03 Å². The molecule has 0 radical (unpaired) electrons. The number of ether oxygens (including phenoxy) is 1. The molecule has 2 aromatic heterocycles. The van der Waals surface area contributed by atoms with E-state index in [1.807, 2.05) is 31.2 Å². The average molecular weight is 379 g/mol. The normalized spacial score (nSPS) is 14.0. The first-order valence-corrected chi connectivity index (χ1v) is 9.01. The maximum Gasteiger partial charge on any atom is 0.323 e. The Morgan fingerprint density at radius 3 is 2.61 bits per heavy atom. The number of carbonyl (C=O) groups is 1. The molecule has 0 saturated carbocycles. The Kier molecular flexibility index (Phi) is 5.16. The number of morpholine rings is 1. The number of nitrogens with zero attached hydrogens (tertiary/aromatic N) is 5. The van der Waals surface area contributed by atoms with Crippen molar-refractivity contribution in [3.63, 3.8) is 0 Å². The SMILES string of the molecule is Cc1ccc(NC(=O)Nc2cnn(-c3ncncc3N3CCOCC3)c2)cc1. The summed E-state index contributed by atoms with van der Waals surface area (Å²) in [6, 6.07) is 7.26. The van der Waals surface area contributed by atoms with Crippen molar-refractivity contribution in [3.05, 3.63) is 54.7 Å². The molecular weight excluding hydrogens is 358 g/mol. The number of aromatic nitrogens is 4. The summed E-state index contributed by atoms with van der Waals surface area (Å²) in [5.74, 6) is 0.656. The average Bonchev–Trinajstić information content (AvgIpc) is 3.18. The molecule has 1 aliphatic rings. The van der Waals surface area contributed by atoms with Crippen LogP contribution in [-0.4, -0.2) is 52.1 Å². The summed E-state index contributed by atoms with van der Waals surface area (Å²) < 4.78 is 7.04. The van der Waals surface area contributed by atoms with Gasteiger partial charge in [0.2, 0.25) is 0 Å². The topological polar surface area (TPSA) is 97.2 Å². The summed E-state index contributed by atoms with van der Waals surface area (Å²) in [6.07, 6.45) is 6.56. The lowest BCUT2D eigenvalue weighted by atomic mass is 10.2. The number of hydrogen-bond donors (Lipinski definition) is 2. The fourth-order valence-electron chi connectivity index (χ4n) is 2.95. The van der Waals surface area contributed by atoms with Crippen molar-refractivity contribution in [1.29, 1.82) is 0 Å². The highest BCUT2D eigenvalue weighted by Crippen LogP contribution is 2.22. The molecule has 4 rings (SSSR count). The van der Waals surface area contributed by atoms with Gasteiger partial charge >= 0.3 is 6.03 Å². The largest absolute Gasteiger partial charge is 0.378 e. The van der Waals surface area contributed by atoms with Gasteiger partial charge in [0.05, 0.1) is 37.5 Å². The second kappa shape index (κ2) is 8.05. The summed E-state index contributed by atoms with van der Waals surface area (Å²) >= 11 is 0. The summed E-state index contributed by atoms with van der Waals surface area (Å²) in [5.41, 5.74) is 3.30. The predicted molar refractivity (Wildman–Crippen MR) is 106 cm³/mol. The number of hydrogen-bond acceptors (Lipinski definition) is 6. The third-order valence-electron chi connectivity index (χ3n) is 4.39. The molecule has 1 aromatic carbocycles. The van der Waals surface area contributed by atoms with Crippen LogP contribution >= 0.6 is 0 Å². The number of carbonyl (C=O) groups excluding carboxylic acids is 1. The molecule has 2 N–H and O–H groups in total. The highest BCUT2D eigenvalue weighted by Gasteiger charge is 2.18. The number of aryl methyl sites for hydroxylation is 1. The molecule has 0 atom stereocenters. The Labute approximate surface area is 162 Å². The molecule has 3 aromatic rings. The Balaban J connectivity index is 1.47. The molecule has 0 spiro atoms. The van der Waals surface area contributed by atoms with Gasteiger partial charge in [0.1, 0.15) is 12.0 Å². The van der Waals surface area contributed by atoms with Gasteiger partial charge in [-0.15, -0.1) is 0 Å². The third kappa shape index (κ3) is 4.09. The lowest BCUT2D eigenvalue weighted by molar-refractivity contribution is 0.122. The van der Waals surface area contributed by atoms with E-state index in [0.29, 0.717) is 24.7 Å². The zero-order valence-corrected chi connectivity index (χ0v) is 15.5. The van der Waals surface area contributed by atoms with E-state index in [1.54, 1.807) is 23.3 Å². The number of benzene rings is 1. The fraction of sp³-hybridized carbons (Fsp3) is 0.263. The summed E-state index contributed by atoms with van der Waals surface area (Å²) in [4.78, 5) is 22.9. The zero-order chi connectivity index (χ0) is 19.3. The molecule has 0 aliphatic carbocycles. The van der Waals surface area contributed by atoms with Crippen LogP contribution in [0.1, 0.15) is 5.56 Å². The summed E-state index contributed by atoms with van der Waals surface area (Å²) in [7, 11) is 0. The molecule has 1 saturated heterocycles. The highest BCUT2D eigenvalue weighted by molar-refractivity contribution is 5.99. The van der Waals surface area contributed by atoms with Gasteiger partial charge in [-0.05, 0) is 19.1 Å². The molecule has 144 valence electrons. The smallest absolute Gasteiger partial charge is 0.323 e. The van der Waals surface area contributed by atoms with Gasteiger partial charge in [0, 0.05) is 18.8 Å². The molecule has 3 heterocycles. The summed E-state index contributed by atoms with van der Waals surface area (Å²) in [5, 5.41) is 9.92. The summed E-state index contributed by atoms with van der Waals surface area (Å²) in [6.45, 7) is 4.87. The van der Waals surface area contributed by atoms with E-state index in [9.17, 15) is 4.79 Å². The van der Waals surface area contributed by atoms with Crippen LogP contribution < -0.4 is 15.5 Å². The predicted octanol–water partition coefficient (Wildman–Crippen LogP) is 2.45. The van der Waals surface area contributed by atoms with Gasteiger partial charge in [-0.3, -0.25) is 0 Å². The Bertz CT molecular complexity index is 949. The molecule has 9 nitrogen and oxygen atoms in total. The van der Waals surface area contributed by atoms with Crippen molar-refractivity contribution in [2.75, 3.05) is 41.8 Å². The first kappa shape index (κ1) is 17.9. The van der Waals surface area contributed by atoms with Crippen molar-refractivity contribution in [2.45, 2.75) is 6.92 Å². The minimum absolute atomic E-state index is 0.334. The van der Waals surface area contributed by atoms with Crippen LogP contribution in [0, 0.1) is 6.92 Å². The molecule has 2 amide bonds. The minimum atomic E-state index is -0.334. The van der Waals surface area contributed by atoms with Gasteiger partial charge < -0.3 is 20.3 Å². The van der Waals surface area contributed by atoms with Gasteiger partial charge in [-0.2, -0.15) is 5.10 Å². The van der Waals surface area contributed by atoms with Gasteiger partial charge in [-0.1, -0.05) is 17.7 Å². The van der Waals surface area contributed by atoms with E-state index < -0.39 is 0 Å². The lowest BCUT2D eigenvalue weighted by Gasteiger charge is -2.29. The third-order valence-corrected chi connectivity index (χ3v) is 4.39. The second-order valence-corrected chi connectivity index (χ2v) is 6.45. The van der Waals surface area contributed by atoms with Crippen LogP contribution in [0.5, 0.6) is 0 Å². The van der Waals surface area contributed by atoms with Gasteiger partial charge in [0.15, 0.2) is 5.82 Å². The quantitative estimate of drug-likeness (QED) is 0.723. The van der Waals surface area contributed by atoms with Crippen molar-refractivity contribution >= 4 is 23.1 Å². The first-order valence-electron chi connectivity index (χ1n) is 9.01. The van der Waals surface area contributed by atoms with E-state index in [0.717, 1.165) is 30.0 Å². The van der Waals surface area contributed by atoms with Crippen LogP contribution in [0.4, 0.5) is 21.9 Å². The number of amides is 2. The molecule has 1 fully saturated rings. The maximum atomic E-state index is 12.2. The fourth-order valence-corrected chi connectivity index (χ4v) is 2.95.